The topological polar surface area (TPSA) is 50.8 Å². The molecule has 0 saturated carbocycles. The average molecular weight is 375 g/mol. The smallest absolute Gasteiger partial charge is 0.238 e. The third kappa shape index (κ3) is 5.56. The number of thiophene rings is 1. The molecule has 0 spiro atoms. The Morgan fingerprint density at radius 2 is 2.23 bits per heavy atom. The number of rotatable bonds is 9. The Balaban J connectivity index is 1.62. The van der Waals surface area contributed by atoms with Gasteiger partial charge in [-0.15, -0.1) is 11.3 Å². The lowest BCUT2D eigenvalue weighted by molar-refractivity contribution is -0.117. The second kappa shape index (κ2) is 9.71. The van der Waals surface area contributed by atoms with E-state index in [1.54, 1.807) is 11.3 Å². The van der Waals surface area contributed by atoms with Crippen molar-refractivity contribution in [1.29, 1.82) is 0 Å². The fourth-order valence-corrected chi connectivity index (χ4v) is 3.87. The van der Waals surface area contributed by atoms with Crippen molar-refractivity contribution in [3.63, 3.8) is 0 Å². The highest BCUT2D eigenvalue weighted by atomic mass is 32.1. The van der Waals surface area contributed by atoms with Gasteiger partial charge in [0.05, 0.1) is 24.9 Å². The molecule has 1 atom stereocenters. The van der Waals surface area contributed by atoms with Gasteiger partial charge >= 0.3 is 0 Å². The van der Waals surface area contributed by atoms with Gasteiger partial charge in [-0.05, 0) is 43.3 Å². The summed E-state index contributed by atoms with van der Waals surface area (Å²) in [4.78, 5) is 16.1. The van der Waals surface area contributed by atoms with Crippen LogP contribution in [0.15, 0.2) is 41.8 Å². The normalized spacial score (nSPS) is 16.8. The summed E-state index contributed by atoms with van der Waals surface area (Å²) in [6.45, 7) is 5.19. The van der Waals surface area contributed by atoms with Crippen molar-refractivity contribution in [1.82, 2.24) is 4.90 Å². The number of carbonyl (C=O) groups excluding carboxylic acids is 1. The number of amides is 1. The predicted octanol–water partition coefficient (Wildman–Crippen LogP) is 3.77. The summed E-state index contributed by atoms with van der Waals surface area (Å²) in [5, 5.41) is 5.05. The van der Waals surface area contributed by atoms with Gasteiger partial charge in [-0.1, -0.05) is 18.2 Å². The van der Waals surface area contributed by atoms with Crippen molar-refractivity contribution in [2.24, 2.45) is 0 Å². The summed E-state index contributed by atoms with van der Waals surface area (Å²) in [6, 6.07) is 11.7. The molecular weight excluding hydrogens is 348 g/mol. The minimum absolute atomic E-state index is 0.0355. The lowest BCUT2D eigenvalue weighted by atomic mass is 10.2. The van der Waals surface area contributed by atoms with E-state index in [4.69, 9.17) is 9.47 Å². The number of carbonyl (C=O) groups is 1. The second-order valence-corrected chi connectivity index (χ2v) is 7.39. The lowest BCUT2D eigenvalue weighted by Gasteiger charge is -2.24. The third-order valence-corrected chi connectivity index (χ3v) is 5.13. The molecule has 5 nitrogen and oxygen atoms in total. The molecule has 6 heteroatoms. The molecule has 1 aliphatic rings. The first kappa shape index (κ1) is 18.9. The van der Waals surface area contributed by atoms with Crippen LogP contribution in [0.3, 0.4) is 0 Å². The van der Waals surface area contributed by atoms with Gasteiger partial charge in [0.1, 0.15) is 5.75 Å². The number of nitrogens with one attached hydrogen (secondary N) is 1. The van der Waals surface area contributed by atoms with Gasteiger partial charge in [0.25, 0.3) is 0 Å². The summed E-state index contributed by atoms with van der Waals surface area (Å²) in [5.74, 6) is 0.666. The van der Waals surface area contributed by atoms with E-state index in [1.165, 1.54) is 4.88 Å². The lowest BCUT2D eigenvalue weighted by Crippen LogP contribution is -2.37. The zero-order valence-electron chi connectivity index (χ0n) is 15.1. The molecule has 2 aromatic rings. The molecule has 0 radical (unpaired) electrons. The van der Waals surface area contributed by atoms with Crippen LogP contribution in [0, 0.1) is 0 Å². The maximum absolute atomic E-state index is 12.6. The number of para-hydroxylation sites is 2. The molecule has 1 amide bonds. The van der Waals surface area contributed by atoms with E-state index in [0.29, 0.717) is 24.6 Å². The fourth-order valence-electron chi connectivity index (χ4n) is 3.13. The van der Waals surface area contributed by atoms with Crippen molar-refractivity contribution in [3.8, 4) is 5.75 Å². The van der Waals surface area contributed by atoms with Crippen LogP contribution in [0.25, 0.3) is 0 Å². The molecule has 140 valence electrons. The number of hydrogen-bond acceptors (Lipinski definition) is 5. The predicted molar refractivity (Wildman–Crippen MR) is 105 cm³/mol. The van der Waals surface area contributed by atoms with Crippen molar-refractivity contribution in [2.45, 2.75) is 32.4 Å². The molecule has 1 saturated heterocycles. The van der Waals surface area contributed by atoms with Crippen LogP contribution >= 0.6 is 11.3 Å². The highest BCUT2D eigenvalue weighted by Gasteiger charge is 2.21. The third-order valence-electron chi connectivity index (χ3n) is 4.27. The quantitative estimate of drug-likeness (QED) is 0.726. The molecule has 1 aliphatic heterocycles. The van der Waals surface area contributed by atoms with Crippen LogP contribution < -0.4 is 10.1 Å². The van der Waals surface area contributed by atoms with Gasteiger partial charge in [-0.25, -0.2) is 0 Å². The molecule has 1 N–H and O–H groups in total. The molecule has 0 aliphatic carbocycles. The zero-order valence-corrected chi connectivity index (χ0v) is 16.0. The Kier molecular flexibility index (Phi) is 7.05. The molecular formula is C20H26N2O3S. The number of benzene rings is 1. The van der Waals surface area contributed by atoms with Crippen LogP contribution in [-0.2, 0) is 16.1 Å². The fraction of sp³-hybridized carbons (Fsp3) is 0.450. The monoisotopic (exact) mass is 374 g/mol. The molecule has 0 bridgehead atoms. The molecule has 0 unspecified atom stereocenters. The molecule has 3 rings (SSSR count). The standard InChI is InChI=1S/C20H26N2O3S/c1-2-24-19-10-4-3-9-18(19)21-20(23)15-22(13-16-7-5-11-25-16)14-17-8-6-12-26-17/h3-4,6,8-10,12,16H,2,5,7,11,13-15H2,1H3,(H,21,23)/t16-/m0/s1. The van der Waals surface area contributed by atoms with Gasteiger partial charge in [-0.3, -0.25) is 9.69 Å². The van der Waals surface area contributed by atoms with Crippen molar-refractivity contribution in [2.75, 3.05) is 31.6 Å². The Morgan fingerprint density at radius 3 is 2.96 bits per heavy atom. The minimum atomic E-state index is -0.0355. The first-order chi connectivity index (χ1) is 12.7. The van der Waals surface area contributed by atoms with E-state index in [1.807, 2.05) is 37.3 Å². The Bertz CT molecular complexity index is 684. The van der Waals surface area contributed by atoms with Crippen LogP contribution in [0.5, 0.6) is 5.75 Å². The molecule has 1 fully saturated rings. The van der Waals surface area contributed by atoms with Crippen LogP contribution in [0.4, 0.5) is 5.69 Å². The summed E-state index contributed by atoms with van der Waals surface area (Å²) in [5.41, 5.74) is 0.715. The molecule has 1 aromatic heterocycles. The molecule has 2 heterocycles. The number of hydrogen-bond donors (Lipinski definition) is 1. The summed E-state index contributed by atoms with van der Waals surface area (Å²) in [6.07, 6.45) is 2.39. The van der Waals surface area contributed by atoms with Gasteiger partial charge < -0.3 is 14.8 Å². The second-order valence-electron chi connectivity index (χ2n) is 6.36. The molecule has 1 aromatic carbocycles. The first-order valence-electron chi connectivity index (χ1n) is 9.12. The van der Waals surface area contributed by atoms with Gasteiger partial charge in [0, 0.05) is 24.6 Å². The zero-order chi connectivity index (χ0) is 18.2. The number of anilines is 1. The Morgan fingerprint density at radius 1 is 1.35 bits per heavy atom. The SMILES string of the molecule is CCOc1ccccc1NC(=O)CN(Cc1cccs1)C[C@@H]1CCCO1. The van der Waals surface area contributed by atoms with Crippen molar-refractivity contribution < 1.29 is 14.3 Å². The molecule has 26 heavy (non-hydrogen) atoms. The van der Waals surface area contributed by atoms with E-state index in [-0.39, 0.29) is 12.0 Å². The van der Waals surface area contributed by atoms with Crippen LogP contribution in [0.1, 0.15) is 24.6 Å². The van der Waals surface area contributed by atoms with E-state index in [2.05, 4.69) is 21.7 Å². The summed E-state index contributed by atoms with van der Waals surface area (Å²) >= 11 is 1.72. The van der Waals surface area contributed by atoms with E-state index >= 15 is 0 Å². The van der Waals surface area contributed by atoms with Gasteiger partial charge in [0.2, 0.25) is 5.91 Å². The van der Waals surface area contributed by atoms with E-state index in [9.17, 15) is 4.79 Å². The summed E-state index contributed by atoms with van der Waals surface area (Å²) < 4.78 is 11.4. The maximum Gasteiger partial charge on any atom is 0.238 e. The highest BCUT2D eigenvalue weighted by molar-refractivity contribution is 7.09. The van der Waals surface area contributed by atoms with E-state index < -0.39 is 0 Å². The Labute approximate surface area is 158 Å². The Hall–Kier alpha value is -1.89. The average Bonchev–Trinajstić information content (AvgIpc) is 3.31. The van der Waals surface area contributed by atoms with Gasteiger partial charge in [0.15, 0.2) is 0 Å². The highest BCUT2D eigenvalue weighted by Crippen LogP contribution is 2.24. The largest absolute Gasteiger partial charge is 0.492 e. The van der Waals surface area contributed by atoms with Crippen molar-refractivity contribution >= 4 is 22.9 Å². The summed E-state index contributed by atoms with van der Waals surface area (Å²) in [7, 11) is 0. The van der Waals surface area contributed by atoms with E-state index in [0.717, 1.165) is 32.5 Å². The van der Waals surface area contributed by atoms with Crippen LogP contribution in [0.2, 0.25) is 0 Å². The number of nitrogens with zero attached hydrogens (tertiary/aromatic N) is 1. The van der Waals surface area contributed by atoms with Crippen molar-refractivity contribution in [3.05, 3.63) is 46.7 Å². The van der Waals surface area contributed by atoms with Crippen LogP contribution in [-0.4, -0.2) is 43.2 Å². The number of ether oxygens (including phenoxy) is 2. The maximum atomic E-state index is 12.6. The first-order valence-corrected chi connectivity index (χ1v) is 10.0. The van der Waals surface area contributed by atoms with Gasteiger partial charge in [-0.2, -0.15) is 0 Å². The minimum Gasteiger partial charge on any atom is -0.492 e.